The van der Waals surface area contributed by atoms with Gasteiger partial charge in [-0.25, -0.2) is 9.97 Å². The van der Waals surface area contributed by atoms with E-state index >= 15 is 0 Å². The maximum atomic E-state index is 12.9. The van der Waals surface area contributed by atoms with Crippen LogP contribution in [0.3, 0.4) is 0 Å². The Hall–Kier alpha value is -2.87. The summed E-state index contributed by atoms with van der Waals surface area (Å²) in [6.07, 6.45) is 13.2. The van der Waals surface area contributed by atoms with E-state index in [4.69, 9.17) is 0 Å². The van der Waals surface area contributed by atoms with Crippen LogP contribution in [0.4, 0.5) is 0 Å². The monoisotopic (exact) mass is 449 g/mol. The molecule has 0 spiro atoms. The molecule has 2 aliphatic carbocycles. The number of hydrogen-bond acceptors (Lipinski definition) is 5. The Morgan fingerprint density at radius 3 is 2.34 bits per heavy atom. The Labute approximate surface area is 191 Å². The number of nitrogens with one attached hydrogen (secondary N) is 2. The molecule has 32 heavy (non-hydrogen) atoms. The summed E-state index contributed by atoms with van der Waals surface area (Å²) in [6, 6.07) is 8.07. The van der Waals surface area contributed by atoms with Crippen LogP contribution in [0.25, 0.3) is 16.9 Å². The Kier molecular flexibility index (Phi) is 5.87. The molecule has 2 aromatic heterocycles. The van der Waals surface area contributed by atoms with Crippen LogP contribution in [0.2, 0.25) is 0 Å². The van der Waals surface area contributed by atoms with E-state index in [1.54, 1.807) is 12.4 Å². The Bertz CT molecular complexity index is 1150. The molecule has 2 aliphatic rings. The largest absolute Gasteiger partial charge is 0.349 e. The number of carbonyl (C=O) groups excluding carboxylic acids is 2. The van der Waals surface area contributed by atoms with E-state index in [0.29, 0.717) is 22.3 Å². The molecule has 0 saturated heterocycles. The average Bonchev–Trinajstić information content (AvgIpc) is 3.54. The van der Waals surface area contributed by atoms with Crippen molar-refractivity contribution in [2.24, 2.45) is 0 Å². The van der Waals surface area contributed by atoms with Crippen molar-refractivity contribution in [1.82, 2.24) is 25.0 Å². The maximum Gasteiger partial charge on any atom is 0.271 e. The zero-order valence-corrected chi connectivity index (χ0v) is 19.0. The predicted octanol–water partition coefficient (Wildman–Crippen LogP) is 4.07. The number of imidazole rings is 1. The first-order valence-electron chi connectivity index (χ1n) is 11.3. The Balaban J connectivity index is 1.43. The summed E-state index contributed by atoms with van der Waals surface area (Å²) in [6.45, 7) is 0. The van der Waals surface area contributed by atoms with E-state index in [0.717, 1.165) is 55.4 Å². The van der Waals surface area contributed by atoms with Crippen molar-refractivity contribution < 1.29 is 9.59 Å². The number of amides is 2. The standard InChI is InChI=1S/C24H27N5O2S/c1-32-24-21-25-13-20(15-7-9-16(10-8-15)22(30)26-18-11-12-18)29(21)14-19(28-24)23(31)27-17-5-3-2-4-6-17/h7-10,13-14,17-18H,2-6,11-12H2,1H3,(H,26,30)(H,27,31). The first-order valence-corrected chi connectivity index (χ1v) is 12.5. The lowest BCUT2D eigenvalue weighted by Crippen LogP contribution is -2.36. The summed E-state index contributed by atoms with van der Waals surface area (Å²) < 4.78 is 1.92. The van der Waals surface area contributed by atoms with Crippen molar-refractivity contribution in [2.45, 2.75) is 62.1 Å². The zero-order chi connectivity index (χ0) is 22.1. The molecule has 0 bridgehead atoms. The number of rotatable bonds is 6. The van der Waals surface area contributed by atoms with E-state index in [1.807, 2.05) is 34.9 Å². The van der Waals surface area contributed by atoms with Crippen molar-refractivity contribution in [2.75, 3.05) is 6.26 Å². The minimum absolute atomic E-state index is 0.0345. The van der Waals surface area contributed by atoms with Gasteiger partial charge in [0.15, 0.2) is 5.65 Å². The molecule has 0 atom stereocenters. The molecule has 8 heteroatoms. The SMILES string of the molecule is CSc1nc(C(=O)NC2CCCCC2)cn2c(-c3ccc(C(=O)NC4CC4)cc3)cnc12. The molecule has 166 valence electrons. The third-order valence-corrected chi connectivity index (χ3v) is 6.84. The van der Waals surface area contributed by atoms with Crippen LogP contribution in [0.1, 0.15) is 65.8 Å². The van der Waals surface area contributed by atoms with Crippen LogP contribution in [-0.4, -0.2) is 44.5 Å². The lowest BCUT2D eigenvalue weighted by molar-refractivity contribution is 0.0919. The summed E-state index contributed by atoms with van der Waals surface area (Å²) in [5.74, 6) is -0.173. The predicted molar refractivity (Wildman–Crippen MR) is 125 cm³/mol. The number of benzene rings is 1. The van der Waals surface area contributed by atoms with Crippen molar-refractivity contribution >= 4 is 29.2 Å². The van der Waals surface area contributed by atoms with Gasteiger partial charge in [0.05, 0.1) is 11.9 Å². The van der Waals surface area contributed by atoms with E-state index in [9.17, 15) is 9.59 Å². The topological polar surface area (TPSA) is 88.4 Å². The normalized spacial score (nSPS) is 16.8. The van der Waals surface area contributed by atoms with Crippen LogP contribution < -0.4 is 10.6 Å². The lowest BCUT2D eigenvalue weighted by atomic mass is 9.95. The van der Waals surface area contributed by atoms with Crippen LogP contribution in [0.5, 0.6) is 0 Å². The molecule has 7 nitrogen and oxygen atoms in total. The van der Waals surface area contributed by atoms with E-state index in [-0.39, 0.29) is 17.9 Å². The fourth-order valence-corrected chi connectivity index (χ4v) is 4.74. The molecule has 1 aromatic carbocycles. The Morgan fingerprint density at radius 2 is 1.66 bits per heavy atom. The molecule has 2 fully saturated rings. The van der Waals surface area contributed by atoms with Crippen LogP contribution in [-0.2, 0) is 0 Å². The molecular weight excluding hydrogens is 422 g/mol. The molecule has 2 amide bonds. The van der Waals surface area contributed by atoms with Crippen molar-refractivity contribution in [3.05, 3.63) is 47.9 Å². The van der Waals surface area contributed by atoms with Crippen molar-refractivity contribution in [3.8, 4) is 11.3 Å². The third-order valence-electron chi connectivity index (χ3n) is 6.18. The summed E-state index contributed by atoms with van der Waals surface area (Å²) in [4.78, 5) is 34.4. The van der Waals surface area contributed by atoms with E-state index in [2.05, 4.69) is 20.6 Å². The second kappa shape index (κ2) is 8.94. The first-order chi connectivity index (χ1) is 15.6. The maximum absolute atomic E-state index is 12.9. The Morgan fingerprint density at radius 1 is 0.969 bits per heavy atom. The van der Waals surface area contributed by atoms with Gasteiger partial charge in [0.2, 0.25) is 0 Å². The van der Waals surface area contributed by atoms with Gasteiger partial charge >= 0.3 is 0 Å². The molecule has 2 heterocycles. The number of fused-ring (bicyclic) bond motifs is 1. The van der Waals surface area contributed by atoms with Gasteiger partial charge in [0.1, 0.15) is 10.7 Å². The zero-order valence-electron chi connectivity index (χ0n) is 18.1. The molecule has 5 rings (SSSR count). The highest BCUT2D eigenvalue weighted by Crippen LogP contribution is 2.27. The molecule has 2 saturated carbocycles. The van der Waals surface area contributed by atoms with Gasteiger partial charge in [-0.1, -0.05) is 31.4 Å². The van der Waals surface area contributed by atoms with E-state index < -0.39 is 0 Å². The second-order valence-electron chi connectivity index (χ2n) is 8.61. The fraction of sp³-hybridized carbons (Fsp3) is 0.417. The second-order valence-corrected chi connectivity index (χ2v) is 9.40. The highest BCUT2D eigenvalue weighted by molar-refractivity contribution is 7.98. The van der Waals surface area contributed by atoms with Gasteiger partial charge in [0.25, 0.3) is 11.8 Å². The highest BCUT2D eigenvalue weighted by atomic mass is 32.2. The highest BCUT2D eigenvalue weighted by Gasteiger charge is 2.24. The molecule has 0 unspecified atom stereocenters. The van der Waals surface area contributed by atoms with Gasteiger partial charge < -0.3 is 10.6 Å². The first kappa shape index (κ1) is 21.0. The minimum Gasteiger partial charge on any atom is -0.349 e. The van der Waals surface area contributed by atoms with Gasteiger partial charge in [-0.3, -0.25) is 14.0 Å². The van der Waals surface area contributed by atoms with Gasteiger partial charge in [0, 0.05) is 29.4 Å². The van der Waals surface area contributed by atoms with Gasteiger partial charge in [-0.2, -0.15) is 0 Å². The van der Waals surface area contributed by atoms with Crippen LogP contribution in [0, 0.1) is 0 Å². The number of hydrogen-bond donors (Lipinski definition) is 2. The van der Waals surface area contributed by atoms with Gasteiger partial charge in [-0.15, -0.1) is 11.8 Å². The molecule has 2 N–H and O–H groups in total. The number of carbonyl (C=O) groups is 2. The summed E-state index contributed by atoms with van der Waals surface area (Å²) in [5.41, 5.74) is 3.55. The van der Waals surface area contributed by atoms with Crippen LogP contribution in [0.15, 0.2) is 41.7 Å². The quantitative estimate of drug-likeness (QED) is 0.554. The summed E-state index contributed by atoms with van der Waals surface area (Å²) >= 11 is 1.48. The third kappa shape index (κ3) is 4.37. The van der Waals surface area contributed by atoms with Gasteiger partial charge in [-0.05, 0) is 44.1 Å². The smallest absolute Gasteiger partial charge is 0.271 e. The molecule has 3 aromatic rings. The number of aromatic nitrogens is 3. The molecule has 0 aliphatic heterocycles. The number of thioether (sulfide) groups is 1. The number of nitrogens with zero attached hydrogens (tertiary/aromatic N) is 3. The lowest BCUT2D eigenvalue weighted by Gasteiger charge is -2.22. The van der Waals surface area contributed by atoms with Crippen molar-refractivity contribution in [1.29, 1.82) is 0 Å². The minimum atomic E-state index is -0.138. The molecular formula is C24H27N5O2S. The van der Waals surface area contributed by atoms with E-state index in [1.165, 1.54) is 18.2 Å². The summed E-state index contributed by atoms with van der Waals surface area (Å²) in [7, 11) is 0. The average molecular weight is 450 g/mol. The van der Waals surface area contributed by atoms with Crippen LogP contribution >= 0.6 is 11.8 Å². The van der Waals surface area contributed by atoms with Crippen molar-refractivity contribution in [3.63, 3.8) is 0 Å². The summed E-state index contributed by atoms with van der Waals surface area (Å²) in [5, 5.41) is 6.88. The fourth-order valence-electron chi connectivity index (χ4n) is 4.22. The molecule has 0 radical (unpaired) electrons.